The number of anilines is 1. The molecule has 7 heteroatoms. The minimum atomic E-state index is -0.309. The normalized spacial score (nSPS) is 18.7. The number of halogens is 1. The topological polar surface area (TPSA) is 79.4 Å². The summed E-state index contributed by atoms with van der Waals surface area (Å²) in [6, 6.07) is 10.3. The van der Waals surface area contributed by atoms with Gasteiger partial charge >= 0.3 is 0 Å². The molecule has 2 atom stereocenters. The first-order valence-corrected chi connectivity index (χ1v) is 11.0. The zero-order valence-electron chi connectivity index (χ0n) is 17.2. The molecule has 1 aliphatic heterocycles. The van der Waals surface area contributed by atoms with Crippen LogP contribution in [-0.4, -0.2) is 40.6 Å². The van der Waals surface area contributed by atoms with Crippen molar-refractivity contribution in [3.05, 3.63) is 58.3 Å². The van der Waals surface area contributed by atoms with Crippen molar-refractivity contribution in [2.75, 3.05) is 18.4 Å². The Hall–Kier alpha value is -2.54. The quantitative estimate of drug-likeness (QED) is 0.625. The summed E-state index contributed by atoms with van der Waals surface area (Å²) in [6.07, 6.45) is 2.74. The monoisotopic (exact) mass is 471 g/mol. The molecule has 1 aromatic carbocycles. The van der Waals surface area contributed by atoms with Gasteiger partial charge in [0.15, 0.2) is 5.78 Å². The average Bonchev–Trinajstić information content (AvgIpc) is 2.72. The first kappa shape index (κ1) is 22.2. The summed E-state index contributed by atoms with van der Waals surface area (Å²) in [5.74, 6) is 0.306. The van der Waals surface area contributed by atoms with Gasteiger partial charge < -0.3 is 10.2 Å². The fourth-order valence-corrected chi connectivity index (χ4v) is 4.26. The van der Waals surface area contributed by atoms with Gasteiger partial charge in [-0.2, -0.15) is 0 Å². The molecule has 158 valence electrons. The third kappa shape index (κ3) is 5.75. The van der Waals surface area contributed by atoms with Crippen molar-refractivity contribution in [2.45, 2.75) is 33.1 Å². The number of nitrogens with zero attached hydrogens (tertiary/aromatic N) is 2. The highest BCUT2D eigenvalue weighted by Crippen LogP contribution is 2.27. The van der Waals surface area contributed by atoms with E-state index in [0.717, 1.165) is 10.9 Å². The van der Waals surface area contributed by atoms with Crippen LogP contribution in [0.3, 0.4) is 0 Å². The molecule has 1 fully saturated rings. The van der Waals surface area contributed by atoms with E-state index < -0.39 is 0 Å². The number of benzene rings is 1. The van der Waals surface area contributed by atoms with Gasteiger partial charge in [0.1, 0.15) is 5.69 Å². The van der Waals surface area contributed by atoms with E-state index in [4.69, 9.17) is 0 Å². The summed E-state index contributed by atoms with van der Waals surface area (Å²) in [5, 5.41) is 2.81. The highest BCUT2D eigenvalue weighted by molar-refractivity contribution is 9.10. The van der Waals surface area contributed by atoms with Crippen molar-refractivity contribution >= 4 is 39.2 Å². The lowest BCUT2D eigenvalue weighted by atomic mass is 9.91. The molecule has 0 spiro atoms. The van der Waals surface area contributed by atoms with Crippen molar-refractivity contribution in [2.24, 2.45) is 11.8 Å². The molecule has 1 saturated heterocycles. The largest absolute Gasteiger partial charge is 0.338 e. The summed E-state index contributed by atoms with van der Waals surface area (Å²) >= 11 is 3.42. The molecule has 0 aliphatic carbocycles. The molecule has 3 rings (SSSR count). The van der Waals surface area contributed by atoms with Crippen LogP contribution in [-0.2, 0) is 4.79 Å². The molecule has 0 saturated carbocycles. The summed E-state index contributed by atoms with van der Waals surface area (Å²) in [5.41, 5.74) is 1.26. The number of carbonyl (C=O) groups excluding carboxylic acids is 3. The van der Waals surface area contributed by atoms with E-state index in [9.17, 15) is 14.4 Å². The van der Waals surface area contributed by atoms with Crippen LogP contribution < -0.4 is 5.32 Å². The fraction of sp³-hybridized carbons (Fsp3) is 0.391. The number of Topliss-reactive ketones (excluding diaryl/α,β-unsaturated/α-hetero) is 1. The Balaban J connectivity index is 1.68. The molecule has 1 aliphatic rings. The number of amides is 2. The summed E-state index contributed by atoms with van der Waals surface area (Å²) in [4.78, 5) is 43.7. The Morgan fingerprint density at radius 2 is 1.83 bits per heavy atom. The number of rotatable bonds is 6. The lowest BCUT2D eigenvalue weighted by Crippen LogP contribution is -2.42. The molecule has 2 amide bonds. The van der Waals surface area contributed by atoms with Gasteiger partial charge in [-0.05, 0) is 48.6 Å². The fourth-order valence-electron chi connectivity index (χ4n) is 3.90. The second-order valence-corrected chi connectivity index (χ2v) is 8.95. The number of carbonyl (C=O) groups is 3. The van der Waals surface area contributed by atoms with Crippen LogP contribution in [0.5, 0.6) is 0 Å². The van der Waals surface area contributed by atoms with Gasteiger partial charge in [0, 0.05) is 36.6 Å². The number of aromatic nitrogens is 1. The smallest absolute Gasteiger partial charge is 0.256 e. The maximum Gasteiger partial charge on any atom is 0.256 e. The van der Waals surface area contributed by atoms with E-state index in [1.807, 2.05) is 4.90 Å². The molecule has 1 aromatic heterocycles. The van der Waals surface area contributed by atoms with Crippen molar-refractivity contribution in [3.8, 4) is 0 Å². The van der Waals surface area contributed by atoms with Gasteiger partial charge in [0.25, 0.3) is 5.91 Å². The zero-order chi connectivity index (χ0) is 21.7. The standard InChI is InChI=1S/C23H26BrN3O3/c1-15-11-16(2)14-27(13-15)23(30)18-12-17(24)6-7-19(18)26-22(29)9-8-21(28)20-5-3-4-10-25-20/h3-7,10,12,15-16H,8-9,11,13-14H2,1-2H3,(H,26,29)/t15-,16+. The summed E-state index contributed by atoms with van der Waals surface area (Å²) < 4.78 is 0.771. The van der Waals surface area contributed by atoms with Crippen molar-refractivity contribution in [1.82, 2.24) is 9.88 Å². The number of likely N-dealkylation sites (tertiary alicyclic amines) is 1. The van der Waals surface area contributed by atoms with E-state index in [1.165, 1.54) is 0 Å². The number of hydrogen-bond donors (Lipinski definition) is 1. The predicted octanol–water partition coefficient (Wildman–Crippen LogP) is 4.56. The van der Waals surface area contributed by atoms with Crippen molar-refractivity contribution in [3.63, 3.8) is 0 Å². The molecule has 6 nitrogen and oxygen atoms in total. The van der Waals surface area contributed by atoms with E-state index in [0.29, 0.717) is 41.9 Å². The third-order valence-corrected chi connectivity index (χ3v) is 5.67. The molecular weight excluding hydrogens is 446 g/mol. The first-order valence-electron chi connectivity index (χ1n) is 10.2. The molecule has 30 heavy (non-hydrogen) atoms. The number of pyridine rings is 1. The van der Waals surface area contributed by atoms with Gasteiger partial charge in [-0.1, -0.05) is 35.8 Å². The molecular formula is C23H26BrN3O3. The van der Waals surface area contributed by atoms with Crippen LogP contribution in [0.25, 0.3) is 0 Å². The molecule has 0 unspecified atom stereocenters. The molecule has 2 aromatic rings. The zero-order valence-corrected chi connectivity index (χ0v) is 18.8. The maximum absolute atomic E-state index is 13.2. The van der Waals surface area contributed by atoms with E-state index >= 15 is 0 Å². The Kier molecular flexibility index (Phi) is 7.37. The van der Waals surface area contributed by atoms with Gasteiger partial charge in [-0.25, -0.2) is 0 Å². The Morgan fingerprint density at radius 1 is 1.10 bits per heavy atom. The molecule has 1 N–H and O–H groups in total. The highest BCUT2D eigenvalue weighted by Gasteiger charge is 2.28. The van der Waals surface area contributed by atoms with Crippen molar-refractivity contribution in [1.29, 1.82) is 0 Å². The minimum Gasteiger partial charge on any atom is -0.338 e. The SMILES string of the molecule is C[C@@H]1C[C@H](C)CN(C(=O)c2cc(Br)ccc2NC(=O)CCC(=O)c2ccccn2)C1. The second kappa shape index (κ2) is 9.98. The van der Waals surface area contributed by atoms with Crippen LogP contribution >= 0.6 is 15.9 Å². The second-order valence-electron chi connectivity index (χ2n) is 8.03. The van der Waals surface area contributed by atoms with Crippen LogP contribution in [0.2, 0.25) is 0 Å². The van der Waals surface area contributed by atoms with Gasteiger partial charge in [-0.15, -0.1) is 0 Å². The number of nitrogens with one attached hydrogen (secondary N) is 1. The Bertz CT molecular complexity index is 923. The van der Waals surface area contributed by atoms with Crippen LogP contribution in [0.1, 0.15) is 54.0 Å². The minimum absolute atomic E-state index is 0.0247. The van der Waals surface area contributed by atoms with E-state index in [1.54, 1.807) is 42.6 Å². The van der Waals surface area contributed by atoms with Gasteiger partial charge in [0.2, 0.25) is 5.91 Å². The lowest BCUT2D eigenvalue weighted by Gasteiger charge is -2.35. The number of hydrogen-bond acceptors (Lipinski definition) is 4. The number of piperidine rings is 1. The van der Waals surface area contributed by atoms with Gasteiger partial charge in [0.05, 0.1) is 11.3 Å². The van der Waals surface area contributed by atoms with Crippen LogP contribution in [0.4, 0.5) is 5.69 Å². The maximum atomic E-state index is 13.2. The molecule has 0 bridgehead atoms. The molecule has 2 heterocycles. The average molecular weight is 472 g/mol. The highest BCUT2D eigenvalue weighted by atomic mass is 79.9. The Morgan fingerprint density at radius 3 is 2.50 bits per heavy atom. The van der Waals surface area contributed by atoms with Crippen molar-refractivity contribution < 1.29 is 14.4 Å². The van der Waals surface area contributed by atoms with Gasteiger partial charge in [-0.3, -0.25) is 19.4 Å². The summed E-state index contributed by atoms with van der Waals surface area (Å²) in [7, 11) is 0. The number of ketones is 1. The lowest BCUT2D eigenvalue weighted by molar-refractivity contribution is -0.116. The summed E-state index contributed by atoms with van der Waals surface area (Å²) in [6.45, 7) is 5.72. The predicted molar refractivity (Wildman–Crippen MR) is 119 cm³/mol. The van der Waals surface area contributed by atoms with E-state index in [-0.39, 0.29) is 30.4 Å². The van der Waals surface area contributed by atoms with Crippen LogP contribution in [0.15, 0.2) is 47.1 Å². The first-order chi connectivity index (χ1) is 14.3. The van der Waals surface area contributed by atoms with E-state index in [2.05, 4.69) is 40.1 Å². The Labute approximate surface area is 185 Å². The third-order valence-electron chi connectivity index (χ3n) is 5.17. The van der Waals surface area contributed by atoms with Crippen LogP contribution in [0, 0.1) is 11.8 Å². The molecule has 0 radical (unpaired) electrons.